The van der Waals surface area contributed by atoms with Crippen LogP contribution in [0.25, 0.3) is 16.9 Å². The highest BCUT2D eigenvalue weighted by atomic mass is 19.1. The van der Waals surface area contributed by atoms with Crippen LogP contribution in [-0.2, 0) is 0 Å². The van der Waals surface area contributed by atoms with Crippen LogP contribution < -0.4 is 5.32 Å². The lowest BCUT2D eigenvalue weighted by molar-refractivity contribution is 0.0943. The largest absolute Gasteiger partial charge is 0.348 e. The number of aryl methyl sites for hydroxylation is 2. The maximum Gasteiger partial charge on any atom is 0.270 e. The Bertz CT molecular complexity index is 971. The molecule has 4 nitrogen and oxygen atoms in total. The quantitative estimate of drug-likeness (QED) is 0.768. The number of hydrogen-bond donors (Lipinski definition) is 1. The Kier molecular flexibility index (Phi) is 4.07. The van der Waals surface area contributed by atoms with Gasteiger partial charge in [0.2, 0.25) is 0 Å². The third-order valence-corrected chi connectivity index (χ3v) is 4.59. The van der Waals surface area contributed by atoms with E-state index in [2.05, 4.69) is 10.4 Å². The fourth-order valence-corrected chi connectivity index (χ4v) is 2.92. The highest BCUT2D eigenvalue weighted by Crippen LogP contribution is 2.25. The van der Waals surface area contributed by atoms with Gasteiger partial charge in [0.05, 0.1) is 11.4 Å². The number of hydrogen-bond acceptors (Lipinski definition) is 2. The molecule has 1 amide bonds. The van der Waals surface area contributed by atoms with E-state index < -0.39 is 0 Å². The molecule has 0 radical (unpaired) electrons. The van der Waals surface area contributed by atoms with Crippen molar-refractivity contribution in [2.75, 3.05) is 0 Å². The molecule has 0 saturated heterocycles. The molecule has 1 saturated carbocycles. The molecule has 0 unspecified atom stereocenters. The van der Waals surface area contributed by atoms with Crippen molar-refractivity contribution in [3.63, 3.8) is 0 Å². The molecule has 1 aromatic heterocycles. The van der Waals surface area contributed by atoms with Crippen molar-refractivity contribution in [2.24, 2.45) is 0 Å². The molecule has 0 bridgehead atoms. The van der Waals surface area contributed by atoms with E-state index in [1.54, 1.807) is 22.9 Å². The van der Waals surface area contributed by atoms with Crippen molar-refractivity contribution in [3.8, 4) is 16.9 Å². The standard InChI is InChI=1S/C21H20FN3O/c1-13-3-4-14(2)19(11-13)25-20(21(26)23-17-9-10-17)12-18(24-25)15-5-7-16(22)8-6-15/h3-8,11-12,17H,9-10H2,1-2H3,(H,23,26). The second-order valence-corrected chi connectivity index (χ2v) is 6.87. The van der Waals surface area contributed by atoms with E-state index in [1.807, 2.05) is 32.0 Å². The zero-order chi connectivity index (χ0) is 18.3. The molecule has 1 aliphatic rings. The number of carbonyl (C=O) groups is 1. The van der Waals surface area contributed by atoms with E-state index in [9.17, 15) is 9.18 Å². The van der Waals surface area contributed by atoms with Gasteiger partial charge in [-0.2, -0.15) is 5.10 Å². The number of benzene rings is 2. The number of nitrogens with zero attached hydrogens (tertiary/aromatic N) is 2. The summed E-state index contributed by atoms with van der Waals surface area (Å²) in [7, 11) is 0. The highest BCUT2D eigenvalue weighted by Gasteiger charge is 2.26. The molecule has 0 aliphatic heterocycles. The Balaban J connectivity index is 1.83. The third kappa shape index (κ3) is 3.25. The van der Waals surface area contributed by atoms with Gasteiger partial charge in [0, 0.05) is 11.6 Å². The smallest absolute Gasteiger partial charge is 0.270 e. The van der Waals surface area contributed by atoms with E-state index in [0.29, 0.717) is 11.4 Å². The first-order valence-electron chi connectivity index (χ1n) is 8.76. The van der Waals surface area contributed by atoms with Gasteiger partial charge in [-0.25, -0.2) is 9.07 Å². The monoisotopic (exact) mass is 349 g/mol. The van der Waals surface area contributed by atoms with Gasteiger partial charge in [0.15, 0.2) is 0 Å². The van der Waals surface area contributed by atoms with Crippen LogP contribution in [0, 0.1) is 19.7 Å². The molecule has 2 aromatic carbocycles. The van der Waals surface area contributed by atoms with Crippen molar-refractivity contribution in [2.45, 2.75) is 32.7 Å². The predicted octanol–water partition coefficient (Wildman–Crippen LogP) is 4.19. The van der Waals surface area contributed by atoms with Crippen molar-refractivity contribution in [1.29, 1.82) is 0 Å². The van der Waals surface area contributed by atoms with E-state index >= 15 is 0 Å². The Morgan fingerprint density at radius 2 is 1.85 bits per heavy atom. The van der Waals surface area contributed by atoms with Crippen LogP contribution in [0.15, 0.2) is 48.5 Å². The Hall–Kier alpha value is -2.95. The molecule has 1 aliphatic carbocycles. The SMILES string of the molecule is Cc1ccc(C)c(-n2nc(-c3ccc(F)cc3)cc2C(=O)NC2CC2)c1. The van der Waals surface area contributed by atoms with Crippen molar-refractivity contribution >= 4 is 5.91 Å². The van der Waals surface area contributed by atoms with E-state index in [1.165, 1.54) is 12.1 Å². The second kappa shape index (κ2) is 6.41. The molecule has 1 heterocycles. The summed E-state index contributed by atoms with van der Waals surface area (Å²) in [5.74, 6) is -0.427. The molecule has 132 valence electrons. The van der Waals surface area contributed by atoms with Crippen LogP contribution in [0.4, 0.5) is 4.39 Å². The first-order chi connectivity index (χ1) is 12.5. The zero-order valence-electron chi connectivity index (χ0n) is 14.8. The summed E-state index contributed by atoms with van der Waals surface area (Å²) in [4.78, 5) is 12.8. The predicted molar refractivity (Wildman–Crippen MR) is 98.9 cm³/mol. The molecule has 0 atom stereocenters. The third-order valence-electron chi connectivity index (χ3n) is 4.59. The van der Waals surface area contributed by atoms with E-state index in [-0.39, 0.29) is 17.8 Å². The fraction of sp³-hybridized carbons (Fsp3) is 0.238. The minimum Gasteiger partial charge on any atom is -0.348 e. The minimum absolute atomic E-state index is 0.130. The Morgan fingerprint density at radius 1 is 1.12 bits per heavy atom. The van der Waals surface area contributed by atoms with E-state index in [0.717, 1.165) is 35.2 Å². The van der Waals surface area contributed by atoms with Crippen molar-refractivity contribution < 1.29 is 9.18 Å². The molecule has 4 rings (SSSR count). The number of amides is 1. The van der Waals surface area contributed by atoms with Gasteiger partial charge in [0.1, 0.15) is 11.5 Å². The maximum atomic E-state index is 13.2. The lowest BCUT2D eigenvalue weighted by Gasteiger charge is -2.11. The molecule has 0 spiro atoms. The molecule has 1 N–H and O–H groups in total. The maximum absolute atomic E-state index is 13.2. The van der Waals surface area contributed by atoms with Crippen molar-refractivity contribution in [3.05, 3.63) is 71.2 Å². The summed E-state index contributed by atoms with van der Waals surface area (Å²) in [6.07, 6.45) is 2.04. The fourth-order valence-electron chi connectivity index (χ4n) is 2.92. The Morgan fingerprint density at radius 3 is 2.54 bits per heavy atom. The number of halogens is 1. The van der Waals surface area contributed by atoms with Gasteiger partial charge in [-0.15, -0.1) is 0 Å². The molecule has 3 aromatic rings. The average molecular weight is 349 g/mol. The normalized spacial score (nSPS) is 13.7. The minimum atomic E-state index is -0.297. The average Bonchev–Trinajstić information content (AvgIpc) is 3.32. The van der Waals surface area contributed by atoms with Crippen molar-refractivity contribution in [1.82, 2.24) is 15.1 Å². The van der Waals surface area contributed by atoms with Crippen LogP contribution in [0.5, 0.6) is 0 Å². The molecular formula is C21H20FN3O. The van der Waals surface area contributed by atoms with Gasteiger partial charge in [-0.1, -0.05) is 12.1 Å². The Labute approximate surface area is 151 Å². The number of aromatic nitrogens is 2. The summed E-state index contributed by atoms with van der Waals surface area (Å²) in [5.41, 5.74) is 4.91. The first-order valence-corrected chi connectivity index (χ1v) is 8.76. The molecule has 26 heavy (non-hydrogen) atoms. The molecule has 5 heteroatoms. The van der Waals surface area contributed by atoms with Crippen LogP contribution in [0.3, 0.4) is 0 Å². The van der Waals surface area contributed by atoms with Crippen LogP contribution in [-0.4, -0.2) is 21.7 Å². The van der Waals surface area contributed by atoms with Gasteiger partial charge in [0.25, 0.3) is 5.91 Å². The summed E-state index contributed by atoms with van der Waals surface area (Å²) < 4.78 is 14.9. The number of rotatable bonds is 4. The van der Waals surface area contributed by atoms with Crippen LogP contribution >= 0.6 is 0 Å². The van der Waals surface area contributed by atoms with Gasteiger partial charge >= 0.3 is 0 Å². The summed E-state index contributed by atoms with van der Waals surface area (Å²) in [5, 5.41) is 7.69. The molecular weight excluding hydrogens is 329 g/mol. The molecule has 1 fully saturated rings. The second-order valence-electron chi connectivity index (χ2n) is 6.87. The van der Waals surface area contributed by atoms with Gasteiger partial charge < -0.3 is 5.32 Å². The van der Waals surface area contributed by atoms with Crippen LogP contribution in [0.2, 0.25) is 0 Å². The van der Waals surface area contributed by atoms with E-state index in [4.69, 9.17) is 0 Å². The zero-order valence-corrected chi connectivity index (χ0v) is 14.8. The lowest BCUT2D eigenvalue weighted by Crippen LogP contribution is -2.27. The summed E-state index contributed by atoms with van der Waals surface area (Å²) in [6, 6.07) is 14.3. The van der Waals surface area contributed by atoms with Gasteiger partial charge in [-0.05, 0) is 74.2 Å². The topological polar surface area (TPSA) is 46.9 Å². The summed E-state index contributed by atoms with van der Waals surface area (Å²) in [6.45, 7) is 4.01. The number of carbonyl (C=O) groups excluding carboxylic acids is 1. The van der Waals surface area contributed by atoms with Crippen LogP contribution in [0.1, 0.15) is 34.5 Å². The number of nitrogens with one attached hydrogen (secondary N) is 1. The lowest BCUT2D eigenvalue weighted by atomic mass is 10.1. The van der Waals surface area contributed by atoms with Gasteiger partial charge in [-0.3, -0.25) is 4.79 Å². The first kappa shape index (κ1) is 16.5. The highest BCUT2D eigenvalue weighted by molar-refractivity contribution is 5.94. The summed E-state index contributed by atoms with van der Waals surface area (Å²) >= 11 is 0.